The lowest BCUT2D eigenvalue weighted by molar-refractivity contribution is -0.115. The van der Waals surface area contributed by atoms with Crippen LogP contribution < -0.4 is 4.74 Å². The predicted molar refractivity (Wildman–Crippen MR) is 101 cm³/mol. The Morgan fingerprint density at radius 2 is 2.00 bits per heavy atom. The van der Waals surface area contributed by atoms with Gasteiger partial charge in [0.1, 0.15) is 5.75 Å². The lowest BCUT2D eigenvalue weighted by Crippen LogP contribution is -2.28. The normalized spacial score (nSPS) is 23.0. The second-order valence-electron chi connectivity index (χ2n) is 8.10. The van der Waals surface area contributed by atoms with E-state index in [-0.39, 0.29) is 11.7 Å². The summed E-state index contributed by atoms with van der Waals surface area (Å²) in [5.41, 5.74) is 3.67. The smallest absolute Gasteiger partial charge is 0.155 e. The highest BCUT2D eigenvalue weighted by Gasteiger charge is 2.44. The van der Waals surface area contributed by atoms with E-state index in [9.17, 15) is 9.90 Å². The maximum Gasteiger partial charge on any atom is 0.155 e. The fourth-order valence-electron chi connectivity index (χ4n) is 4.28. The summed E-state index contributed by atoms with van der Waals surface area (Å²) in [6.07, 6.45) is 0.563. The van der Waals surface area contributed by atoms with Crippen molar-refractivity contribution in [2.24, 2.45) is 5.92 Å². The van der Waals surface area contributed by atoms with E-state index in [0.717, 1.165) is 38.7 Å². The molecule has 2 unspecified atom stereocenters. The van der Waals surface area contributed by atoms with Gasteiger partial charge in [0.2, 0.25) is 0 Å². The molecule has 1 aromatic heterocycles. The fraction of sp³-hybridized carbons (Fsp3) is 0.400. The van der Waals surface area contributed by atoms with Crippen LogP contribution in [0, 0.1) is 5.92 Å². The van der Waals surface area contributed by atoms with Crippen molar-refractivity contribution in [1.82, 2.24) is 4.98 Å². The van der Waals surface area contributed by atoms with Crippen molar-refractivity contribution in [3.63, 3.8) is 0 Å². The van der Waals surface area contributed by atoms with Crippen molar-refractivity contribution in [1.29, 1.82) is 0 Å². The monoisotopic (exact) mass is 353 g/mol. The second kappa shape index (κ2) is 5.51. The molecule has 4 rings (SSSR count). The van der Waals surface area contributed by atoms with Crippen LogP contribution in [0.1, 0.15) is 30.2 Å². The average Bonchev–Trinajstić information content (AvgIpc) is 2.89. The molecule has 2 atom stereocenters. The molecule has 0 spiro atoms. The molecular weight excluding hydrogens is 330 g/mol. The average molecular weight is 353 g/mol. The van der Waals surface area contributed by atoms with Crippen LogP contribution in [0.4, 0.5) is 0 Å². The number of ketones is 1. The first-order valence-electron chi connectivity index (χ1n) is 8.74. The lowest BCUT2D eigenvalue weighted by Gasteiger charge is -2.29. The Kier molecular flexibility index (Phi) is 3.63. The third-order valence-electron chi connectivity index (χ3n) is 5.31. The Bertz CT molecular complexity index is 926. The molecule has 25 heavy (non-hydrogen) atoms. The lowest BCUT2D eigenvalue weighted by atomic mass is 9.81. The Hall–Kier alpha value is -1.98. The molecule has 1 heterocycles. The standard InChI is InChI=1S/C20H23NO3Si/c1-24-13-5-6-15-11(7-13)8-14-16(22)9-12-10-17(23)20(25(2,3)4)18(12)19(14)21-15/h5-8,12,16,22H,9-10H2,1-4H3. The zero-order chi connectivity index (χ0) is 17.9. The van der Waals surface area contributed by atoms with Crippen LogP contribution in [-0.4, -0.2) is 31.1 Å². The van der Waals surface area contributed by atoms with Gasteiger partial charge in [0.25, 0.3) is 0 Å². The molecule has 2 aliphatic rings. The number of carbonyl (C=O) groups excluding carboxylic acids is 1. The molecule has 0 aliphatic heterocycles. The van der Waals surface area contributed by atoms with Gasteiger partial charge in [-0.25, -0.2) is 4.98 Å². The van der Waals surface area contributed by atoms with Crippen LogP contribution in [0.15, 0.2) is 29.5 Å². The summed E-state index contributed by atoms with van der Waals surface area (Å²) in [5, 5.41) is 12.6. The van der Waals surface area contributed by atoms with Gasteiger partial charge in [-0.05, 0) is 47.4 Å². The minimum Gasteiger partial charge on any atom is -0.497 e. The first kappa shape index (κ1) is 16.5. The number of fused-ring (bicyclic) bond motifs is 4. The number of nitrogens with zero attached hydrogens (tertiary/aromatic N) is 1. The molecule has 1 N–H and O–H groups in total. The van der Waals surface area contributed by atoms with E-state index in [1.54, 1.807) is 7.11 Å². The van der Waals surface area contributed by atoms with Crippen LogP contribution in [0.5, 0.6) is 5.75 Å². The molecule has 0 radical (unpaired) electrons. The Labute approximate surface area is 148 Å². The predicted octanol–water partition coefficient (Wildman–Crippen LogP) is 3.90. The maximum atomic E-state index is 12.7. The molecule has 130 valence electrons. The van der Waals surface area contributed by atoms with E-state index >= 15 is 0 Å². The summed E-state index contributed by atoms with van der Waals surface area (Å²) < 4.78 is 5.30. The molecule has 0 saturated carbocycles. The Morgan fingerprint density at radius 1 is 1.24 bits per heavy atom. The fourth-order valence-corrected chi connectivity index (χ4v) is 6.35. The Morgan fingerprint density at radius 3 is 2.68 bits per heavy atom. The van der Waals surface area contributed by atoms with Crippen molar-refractivity contribution in [3.8, 4) is 5.75 Å². The van der Waals surface area contributed by atoms with Gasteiger partial charge in [0.05, 0.1) is 32.5 Å². The van der Waals surface area contributed by atoms with E-state index in [4.69, 9.17) is 9.72 Å². The molecule has 2 aromatic rings. The zero-order valence-electron chi connectivity index (χ0n) is 15.1. The third kappa shape index (κ3) is 2.53. The summed E-state index contributed by atoms with van der Waals surface area (Å²) in [4.78, 5) is 17.6. The number of rotatable bonds is 2. The number of aromatic nitrogens is 1. The SMILES string of the molecule is COc1ccc2nc3c(cc2c1)C(O)CC1CC(=O)C([Si](C)(C)C)=C31. The van der Waals surface area contributed by atoms with Gasteiger partial charge < -0.3 is 9.84 Å². The first-order valence-corrected chi connectivity index (χ1v) is 12.2. The molecule has 0 amide bonds. The minimum absolute atomic E-state index is 0.111. The van der Waals surface area contributed by atoms with Gasteiger partial charge in [-0.1, -0.05) is 19.6 Å². The molecule has 2 aliphatic carbocycles. The van der Waals surface area contributed by atoms with Crippen LogP contribution in [-0.2, 0) is 4.79 Å². The molecular formula is C20H23NO3Si. The largest absolute Gasteiger partial charge is 0.497 e. The zero-order valence-corrected chi connectivity index (χ0v) is 16.1. The number of hydrogen-bond acceptors (Lipinski definition) is 4. The summed E-state index contributed by atoms with van der Waals surface area (Å²) in [6.45, 7) is 6.64. The van der Waals surface area contributed by atoms with E-state index < -0.39 is 14.2 Å². The number of carbonyl (C=O) groups is 1. The number of Topliss-reactive ketones (excluding diaryl/α,β-unsaturated/α-hetero) is 1. The summed E-state index contributed by atoms with van der Waals surface area (Å²) in [5.74, 6) is 1.14. The number of aliphatic hydroxyl groups is 1. The number of aliphatic hydroxyl groups excluding tert-OH is 1. The topological polar surface area (TPSA) is 59.4 Å². The molecule has 4 nitrogen and oxygen atoms in total. The van der Waals surface area contributed by atoms with Crippen molar-refractivity contribution >= 4 is 30.3 Å². The van der Waals surface area contributed by atoms with Crippen LogP contribution in [0.3, 0.4) is 0 Å². The van der Waals surface area contributed by atoms with E-state index in [0.29, 0.717) is 12.8 Å². The molecule has 1 aromatic carbocycles. The molecule has 0 bridgehead atoms. The van der Waals surface area contributed by atoms with E-state index in [1.807, 2.05) is 24.3 Å². The van der Waals surface area contributed by atoms with Gasteiger partial charge in [-0.15, -0.1) is 0 Å². The number of methoxy groups -OCH3 is 1. The highest BCUT2D eigenvalue weighted by atomic mass is 28.3. The summed E-state index contributed by atoms with van der Waals surface area (Å²) in [6, 6.07) is 7.79. The number of ether oxygens (including phenoxy) is 1. The minimum atomic E-state index is -1.78. The van der Waals surface area contributed by atoms with Crippen molar-refractivity contribution in [2.45, 2.75) is 38.6 Å². The van der Waals surface area contributed by atoms with E-state index in [1.165, 1.54) is 0 Å². The summed E-state index contributed by atoms with van der Waals surface area (Å²) >= 11 is 0. The third-order valence-corrected chi connectivity index (χ3v) is 7.36. The van der Waals surface area contributed by atoms with Crippen LogP contribution >= 0.6 is 0 Å². The van der Waals surface area contributed by atoms with Gasteiger partial charge in [0, 0.05) is 17.4 Å². The van der Waals surface area contributed by atoms with Gasteiger partial charge in [-0.3, -0.25) is 4.79 Å². The molecule has 0 saturated heterocycles. The number of benzene rings is 1. The maximum absolute atomic E-state index is 12.7. The number of pyridine rings is 1. The first-order chi connectivity index (χ1) is 11.8. The highest BCUT2D eigenvalue weighted by molar-refractivity contribution is 6.88. The molecule has 5 heteroatoms. The van der Waals surface area contributed by atoms with Crippen molar-refractivity contribution in [3.05, 3.63) is 40.7 Å². The van der Waals surface area contributed by atoms with Crippen molar-refractivity contribution < 1.29 is 14.6 Å². The van der Waals surface area contributed by atoms with Gasteiger partial charge in [-0.2, -0.15) is 0 Å². The Balaban J connectivity index is 2.01. The van der Waals surface area contributed by atoms with Crippen LogP contribution in [0.2, 0.25) is 19.6 Å². The van der Waals surface area contributed by atoms with Gasteiger partial charge in [0.15, 0.2) is 5.78 Å². The van der Waals surface area contributed by atoms with Crippen molar-refractivity contribution in [2.75, 3.05) is 7.11 Å². The number of hydrogen-bond donors (Lipinski definition) is 1. The summed E-state index contributed by atoms with van der Waals surface area (Å²) in [7, 11) is -0.139. The van der Waals surface area contributed by atoms with E-state index in [2.05, 4.69) is 19.6 Å². The second-order valence-corrected chi connectivity index (χ2v) is 13.1. The van der Waals surface area contributed by atoms with Crippen LogP contribution in [0.25, 0.3) is 16.5 Å². The van der Waals surface area contributed by atoms with Gasteiger partial charge >= 0.3 is 0 Å². The number of allylic oxidation sites excluding steroid dienone is 2. The molecule has 0 fully saturated rings. The highest BCUT2D eigenvalue weighted by Crippen LogP contribution is 2.49. The quantitative estimate of drug-likeness (QED) is 0.832.